The Morgan fingerprint density at radius 3 is 2.50 bits per heavy atom. The summed E-state index contributed by atoms with van der Waals surface area (Å²) in [7, 11) is 0. The maximum absolute atomic E-state index is 10.0. The second kappa shape index (κ2) is 3.07. The molecule has 0 radical (unpaired) electrons. The van der Waals surface area contributed by atoms with Crippen LogP contribution in [0.3, 0.4) is 0 Å². The van der Waals surface area contributed by atoms with Gasteiger partial charge in [-0.05, 0) is 6.92 Å². The van der Waals surface area contributed by atoms with Crippen molar-refractivity contribution in [2.24, 2.45) is 0 Å². The number of hydrogen-bond acceptors (Lipinski definition) is 1. The number of hydrogen-bond donors (Lipinski definition) is 1. The Bertz CT molecular complexity index is 101. The number of amides is 1. The molecule has 0 saturated carbocycles. The molecule has 0 aliphatic heterocycles. The summed E-state index contributed by atoms with van der Waals surface area (Å²) in [4.78, 5) is 11.1. The van der Waals surface area contributed by atoms with Gasteiger partial charge in [0.05, 0.1) is 0 Å². The standard InChI is InChI=1S/C5H9NO2/c1-3-6(4-2)5(7)8/h3H,1,4H2,2H3,(H,7,8). The van der Waals surface area contributed by atoms with Gasteiger partial charge in [-0.15, -0.1) is 0 Å². The highest BCUT2D eigenvalue weighted by Gasteiger charge is 2.00. The van der Waals surface area contributed by atoms with Crippen LogP contribution in [0.1, 0.15) is 6.92 Å². The Morgan fingerprint density at radius 1 is 2.00 bits per heavy atom. The molecule has 0 aromatic carbocycles. The average molecular weight is 115 g/mol. The molecule has 0 heterocycles. The van der Waals surface area contributed by atoms with Crippen LogP contribution in [0, 0.1) is 0 Å². The molecule has 0 aromatic rings. The smallest absolute Gasteiger partial charge is 0.411 e. The molecular formula is C5H9NO2. The van der Waals surface area contributed by atoms with Gasteiger partial charge >= 0.3 is 6.09 Å². The van der Waals surface area contributed by atoms with Crippen LogP contribution in [0.4, 0.5) is 4.79 Å². The van der Waals surface area contributed by atoms with Crippen molar-refractivity contribution in [3.8, 4) is 0 Å². The van der Waals surface area contributed by atoms with E-state index in [4.69, 9.17) is 5.11 Å². The van der Waals surface area contributed by atoms with Gasteiger partial charge in [0, 0.05) is 12.7 Å². The number of carboxylic acid groups (broad SMARTS) is 1. The van der Waals surface area contributed by atoms with Crippen LogP contribution >= 0.6 is 0 Å². The first kappa shape index (κ1) is 7.01. The Hall–Kier alpha value is -0.990. The zero-order chi connectivity index (χ0) is 6.57. The lowest BCUT2D eigenvalue weighted by atomic mass is 10.6. The largest absolute Gasteiger partial charge is 0.465 e. The van der Waals surface area contributed by atoms with Crippen molar-refractivity contribution in [2.75, 3.05) is 6.54 Å². The summed E-state index contributed by atoms with van der Waals surface area (Å²) in [5, 5.41) is 8.23. The fourth-order valence-corrected chi connectivity index (χ4v) is 0.342. The molecule has 3 nitrogen and oxygen atoms in total. The highest BCUT2D eigenvalue weighted by Crippen LogP contribution is 1.85. The third-order valence-electron chi connectivity index (χ3n) is 0.807. The lowest BCUT2D eigenvalue weighted by molar-refractivity contribution is 0.165. The fourth-order valence-electron chi connectivity index (χ4n) is 0.342. The average Bonchev–Trinajstić information content (AvgIpc) is 1.69. The first-order chi connectivity index (χ1) is 3.72. The lowest BCUT2D eigenvalue weighted by Gasteiger charge is -2.08. The predicted octanol–water partition coefficient (Wildman–Crippen LogP) is 1.13. The van der Waals surface area contributed by atoms with Gasteiger partial charge < -0.3 is 5.11 Å². The SMILES string of the molecule is C=CN(CC)C(=O)O. The van der Waals surface area contributed by atoms with E-state index in [0.29, 0.717) is 6.54 Å². The van der Waals surface area contributed by atoms with Crippen LogP contribution in [-0.2, 0) is 0 Å². The minimum atomic E-state index is -0.956. The molecule has 0 saturated heterocycles. The van der Waals surface area contributed by atoms with Crippen LogP contribution in [0.15, 0.2) is 12.8 Å². The van der Waals surface area contributed by atoms with Gasteiger partial charge in [-0.3, -0.25) is 4.90 Å². The zero-order valence-corrected chi connectivity index (χ0v) is 4.79. The number of rotatable bonds is 2. The molecule has 0 aliphatic rings. The van der Waals surface area contributed by atoms with Crippen LogP contribution in [-0.4, -0.2) is 22.6 Å². The van der Waals surface area contributed by atoms with Gasteiger partial charge in [0.1, 0.15) is 0 Å². The minimum absolute atomic E-state index is 0.457. The number of nitrogens with zero attached hydrogens (tertiary/aromatic N) is 1. The van der Waals surface area contributed by atoms with Crippen molar-refractivity contribution in [3.63, 3.8) is 0 Å². The second-order valence-electron chi connectivity index (χ2n) is 1.25. The summed E-state index contributed by atoms with van der Waals surface area (Å²) in [6, 6.07) is 0. The van der Waals surface area contributed by atoms with Crippen LogP contribution in [0.25, 0.3) is 0 Å². The van der Waals surface area contributed by atoms with Crippen molar-refractivity contribution in [1.29, 1.82) is 0 Å². The monoisotopic (exact) mass is 115 g/mol. The summed E-state index contributed by atoms with van der Waals surface area (Å²) >= 11 is 0. The van der Waals surface area contributed by atoms with Gasteiger partial charge in [0.25, 0.3) is 0 Å². The first-order valence-corrected chi connectivity index (χ1v) is 2.34. The lowest BCUT2D eigenvalue weighted by Crippen LogP contribution is -2.22. The van der Waals surface area contributed by atoms with Crippen LogP contribution in [0.2, 0.25) is 0 Å². The quantitative estimate of drug-likeness (QED) is 0.586. The van der Waals surface area contributed by atoms with Crippen molar-refractivity contribution < 1.29 is 9.90 Å². The fraction of sp³-hybridized carbons (Fsp3) is 0.400. The molecule has 0 fully saturated rings. The van der Waals surface area contributed by atoms with Crippen molar-refractivity contribution >= 4 is 6.09 Å². The third kappa shape index (κ3) is 1.64. The van der Waals surface area contributed by atoms with Gasteiger partial charge in [-0.1, -0.05) is 6.58 Å². The predicted molar refractivity (Wildman–Crippen MR) is 30.6 cm³/mol. The van der Waals surface area contributed by atoms with Crippen LogP contribution in [0.5, 0.6) is 0 Å². The Balaban J connectivity index is 3.69. The molecule has 0 aromatic heterocycles. The van der Waals surface area contributed by atoms with Gasteiger partial charge in [0.2, 0.25) is 0 Å². The van der Waals surface area contributed by atoms with Crippen molar-refractivity contribution in [3.05, 3.63) is 12.8 Å². The minimum Gasteiger partial charge on any atom is -0.465 e. The van der Waals surface area contributed by atoms with E-state index >= 15 is 0 Å². The Kier molecular flexibility index (Phi) is 2.69. The van der Waals surface area contributed by atoms with Gasteiger partial charge in [-0.2, -0.15) is 0 Å². The molecule has 0 bridgehead atoms. The molecular weight excluding hydrogens is 106 g/mol. The van der Waals surface area contributed by atoms with E-state index in [2.05, 4.69) is 6.58 Å². The molecule has 0 atom stereocenters. The summed E-state index contributed by atoms with van der Waals surface area (Å²) < 4.78 is 0. The molecule has 46 valence electrons. The Labute approximate surface area is 48.2 Å². The van der Waals surface area contributed by atoms with E-state index < -0.39 is 6.09 Å². The Morgan fingerprint density at radius 2 is 2.50 bits per heavy atom. The molecule has 0 spiro atoms. The van der Waals surface area contributed by atoms with Crippen molar-refractivity contribution in [1.82, 2.24) is 4.90 Å². The molecule has 0 aliphatic carbocycles. The maximum atomic E-state index is 10.0. The van der Waals surface area contributed by atoms with E-state index in [-0.39, 0.29) is 0 Å². The molecule has 0 rings (SSSR count). The molecule has 0 unspecified atom stereocenters. The molecule has 8 heavy (non-hydrogen) atoms. The van der Waals surface area contributed by atoms with E-state index in [9.17, 15) is 4.79 Å². The van der Waals surface area contributed by atoms with E-state index in [0.717, 1.165) is 4.90 Å². The van der Waals surface area contributed by atoms with Crippen molar-refractivity contribution in [2.45, 2.75) is 6.92 Å². The number of carbonyl (C=O) groups is 1. The third-order valence-corrected chi connectivity index (χ3v) is 0.807. The second-order valence-corrected chi connectivity index (χ2v) is 1.25. The summed E-state index contributed by atoms with van der Waals surface area (Å²) in [5.74, 6) is 0. The van der Waals surface area contributed by atoms with E-state index in [1.165, 1.54) is 6.20 Å². The summed E-state index contributed by atoms with van der Waals surface area (Å²) in [6.07, 6.45) is 0.324. The highest BCUT2D eigenvalue weighted by molar-refractivity contribution is 5.65. The summed E-state index contributed by atoms with van der Waals surface area (Å²) in [5.41, 5.74) is 0. The topological polar surface area (TPSA) is 40.5 Å². The maximum Gasteiger partial charge on any atom is 0.411 e. The highest BCUT2D eigenvalue weighted by atomic mass is 16.4. The van der Waals surface area contributed by atoms with E-state index in [1.807, 2.05) is 0 Å². The van der Waals surface area contributed by atoms with Crippen LogP contribution < -0.4 is 0 Å². The zero-order valence-electron chi connectivity index (χ0n) is 4.79. The summed E-state index contributed by atoms with van der Waals surface area (Å²) in [6.45, 7) is 5.50. The van der Waals surface area contributed by atoms with Gasteiger partial charge in [-0.25, -0.2) is 4.79 Å². The first-order valence-electron chi connectivity index (χ1n) is 2.34. The van der Waals surface area contributed by atoms with E-state index in [1.54, 1.807) is 6.92 Å². The molecule has 3 heteroatoms. The molecule has 1 amide bonds. The van der Waals surface area contributed by atoms with Gasteiger partial charge in [0.15, 0.2) is 0 Å². The normalized spacial score (nSPS) is 8.12. The molecule has 1 N–H and O–H groups in total.